The second kappa shape index (κ2) is 5.97. The lowest BCUT2D eigenvalue weighted by atomic mass is 10.1. The van der Waals surface area contributed by atoms with E-state index in [0.717, 1.165) is 0 Å². The van der Waals surface area contributed by atoms with E-state index in [1.807, 2.05) is 6.07 Å². The lowest BCUT2D eigenvalue weighted by molar-refractivity contribution is 0.635. The van der Waals surface area contributed by atoms with E-state index in [0.29, 0.717) is 27.5 Å². The van der Waals surface area contributed by atoms with Gasteiger partial charge in [0, 0.05) is 10.5 Å². The van der Waals surface area contributed by atoms with Gasteiger partial charge in [0.1, 0.15) is 5.52 Å². The molecule has 0 saturated heterocycles. The Morgan fingerprint density at radius 2 is 1.95 bits per heavy atom. The van der Waals surface area contributed by atoms with E-state index < -0.39 is 5.82 Å². The molecule has 0 N–H and O–H groups in total. The van der Waals surface area contributed by atoms with Crippen molar-refractivity contribution < 1.29 is 4.39 Å². The zero-order valence-corrected chi connectivity index (χ0v) is 12.0. The summed E-state index contributed by atoms with van der Waals surface area (Å²) in [5.41, 5.74) is 10.6. The molecule has 0 aliphatic carbocycles. The van der Waals surface area contributed by atoms with Gasteiger partial charge < -0.3 is 0 Å². The summed E-state index contributed by atoms with van der Waals surface area (Å²) in [5, 5.41) is 4.00. The Kier molecular flexibility index (Phi) is 3.87. The van der Waals surface area contributed by atoms with E-state index in [1.54, 1.807) is 30.3 Å². The topological polar surface area (TPSA) is 74.5 Å². The maximum absolute atomic E-state index is 13.9. The lowest BCUT2D eigenvalue weighted by Crippen LogP contribution is -2.00. The number of hydrogen-bond donors (Lipinski definition) is 0. The fourth-order valence-electron chi connectivity index (χ4n) is 2.16. The van der Waals surface area contributed by atoms with Gasteiger partial charge in [-0.15, -0.1) is 0 Å². The van der Waals surface area contributed by atoms with Crippen LogP contribution in [0.3, 0.4) is 0 Å². The summed E-state index contributed by atoms with van der Waals surface area (Å²) in [6.45, 7) is -0.0334. The van der Waals surface area contributed by atoms with Crippen molar-refractivity contribution in [2.45, 2.75) is 6.54 Å². The summed E-state index contributed by atoms with van der Waals surface area (Å²) in [4.78, 5) is 11.4. The number of para-hydroxylation sites is 1. The van der Waals surface area contributed by atoms with Crippen LogP contribution >= 0.6 is 11.6 Å². The first-order chi connectivity index (χ1) is 10.7. The summed E-state index contributed by atoms with van der Waals surface area (Å²) in [6, 6.07) is 11.7. The van der Waals surface area contributed by atoms with Gasteiger partial charge in [0.05, 0.1) is 28.5 Å². The van der Waals surface area contributed by atoms with Gasteiger partial charge in [0.25, 0.3) is 0 Å². The predicted molar refractivity (Wildman–Crippen MR) is 82.8 cm³/mol. The highest BCUT2D eigenvalue weighted by molar-refractivity contribution is 6.33. The summed E-state index contributed by atoms with van der Waals surface area (Å²) in [5.74, 6) is -0.474. The number of fused-ring (bicyclic) bond motifs is 1. The van der Waals surface area contributed by atoms with Gasteiger partial charge in [-0.25, -0.2) is 14.4 Å². The molecule has 0 fully saturated rings. The number of hydrogen-bond acceptors (Lipinski definition) is 3. The zero-order chi connectivity index (χ0) is 15.5. The predicted octanol–water partition coefficient (Wildman–Crippen LogP) is 4.90. The molecule has 1 heterocycles. The van der Waals surface area contributed by atoms with Crippen LogP contribution in [0.2, 0.25) is 5.02 Å². The van der Waals surface area contributed by atoms with Crippen molar-refractivity contribution in [3.8, 4) is 11.3 Å². The van der Waals surface area contributed by atoms with Crippen LogP contribution in [0.5, 0.6) is 0 Å². The fraction of sp³-hybridized carbons (Fsp3) is 0.0667. The molecule has 0 saturated carbocycles. The third-order valence-electron chi connectivity index (χ3n) is 3.13. The van der Waals surface area contributed by atoms with Gasteiger partial charge >= 0.3 is 0 Å². The van der Waals surface area contributed by atoms with Crippen molar-refractivity contribution in [3.63, 3.8) is 0 Å². The largest absolute Gasteiger partial charge is 0.246 e. The van der Waals surface area contributed by atoms with Gasteiger partial charge in [-0.2, -0.15) is 0 Å². The Morgan fingerprint density at radius 3 is 2.73 bits per heavy atom. The SMILES string of the molecule is [N-]=[N+]=NCc1nc2c(F)cccc2nc1-c1ccccc1Cl. The molecule has 108 valence electrons. The van der Waals surface area contributed by atoms with E-state index in [-0.39, 0.29) is 12.1 Å². The average molecular weight is 314 g/mol. The van der Waals surface area contributed by atoms with Gasteiger partial charge in [-0.3, -0.25) is 0 Å². The van der Waals surface area contributed by atoms with Crippen LogP contribution in [0.1, 0.15) is 5.69 Å². The van der Waals surface area contributed by atoms with Crippen LogP contribution in [0.25, 0.3) is 32.7 Å². The smallest absolute Gasteiger partial charge is 0.151 e. The summed E-state index contributed by atoms with van der Waals surface area (Å²) in [7, 11) is 0. The first-order valence-electron chi connectivity index (χ1n) is 6.41. The highest BCUT2D eigenvalue weighted by Gasteiger charge is 2.14. The van der Waals surface area contributed by atoms with Crippen molar-refractivity contribution in [1.82, 2.24) is 9.97 Å². The second-order valence-corrected chi connectivity index (χ2v) is 4.90. The molecule has 0 aliphatic rings. The first kappa shape index (κ1) is 14.3. The molecule has 0 atom stereocenters. The molecule has 0 aliphatic heterocycles. The number of aromatic nitrogens is 2. The van der Waals surface area contributed by atoms with Crippen LogP contribution in [0, 0.1) is 5.82 Å². The summed E-state index contributed by atoms with van der Waals surface area (Å²) >= 11 is 6.20. The van der Waals surface area contributed by atoms with Crippen molar-refractivity contribution in [1.29, 1.82) is 0 Å². The quantitative estimate of drug-likeness (QED) is 0.392. The van der Waals surface area contributed by atoms with Crippen LogP contribution in [0.4, 0.5) is 4.39 Å². The maximum atomic E-state index is 13.9. The number of halogens is 2. The molecule has 0 bridgehead atoms. The molecular weight excluding hydrogens is 305 g/mol. The normalized spacial score (nSPS) is 10.5. The zero-order valence-electron chi connectivity index (χ0n) is 11.2. The molecule has 0 unspecified atom stereocenters. The van der Waals surface area contributed by atoms with Crippen LogP contribution < -0.4 is 0 Å². The number of nitrogens with zero attached hydrogens (tertiary/aromatic N) is 5. The standard InChI is InChI=1S/C15H9ClFN5/c16-10-5-2-1-4-9(10)14-13(8-19-22-18)21-15-11(17)6-3-7-12(15)20-14/h1-7H,8H2. The molecule has 3 aromatic rings. The van der Waals surface area contributed by atoms with E-state index in [2.05, 4.69) is 20.0 Å². The Labute approximate surface area is 130 Å². The summed E-state index contributed by atoms with van der Waals surface area (Å²) in [6.07, 6.45) is 0. The molecule has 1 aromatic heterocycles. The minimum absolute atomic E-state index is 0.0334. The Morgan fingerprint density at radius 1 is 1.14 bits per heavy atom. The van der Waals surface area contributed by atoms with Gasteiger partial charge in [-0.05, 0) is 23.7 Å². The minimum Gasteiger partial charge on any atom is -0.246 e. The van der Waals surface area contributed by atoms with E-state index >= 15 is 0 Å². The number of azide groups is 1. The Balaban J connectivity index is 2.31. The first-order valence-corrected chi connectivity index (χ1v) is 6.79. The lowest BCUT2D eigenvalue weighted by Gasteiger charge is -2.10. The van der Waals surface area contributed by atoms with Crippen molar-refractivity contribution in [2.75, 3.05) is 0 Å². The molecule has 22 heavy (non-hydrogen) atoms. The molecule has 0 amide bonds. The molecule has 7 heteroatoms. The average Bonchev–Trinajstić information content (AvgIpc) is 2.53. The highest BCUT2D eigenvalue weighted by atomic mass is 35.5. The van der Waals surface area contributed by atoms with Crippen LogP contribution in [-0.2, 0) is 6.54 Å². The second-order valence-electron chi connectivity index (χ2n) is 4.50. The molecule has 0 spiro atoms. The monoisotopic (exact) mass is 313 g/mol. The van der Waals surface area contributed by atoms with Gasteiger partial charge in [-0.1, -0.05) is 41.0 Å². The van der Waals surface area contributed by atoms with Crippen LogP contribution in [0.15, 0.2) is 47.6 Å². The molecule has 0 radical (unpaired) electrons. The van der Waals surface area contributed by atoms with Crippen molar-refractivity contribution >= 4 is 22.6 Å². The highest BCUT2D eigenvalue weighted by Crippen LogP contribution is 2.30. The van der Waals surface area contributed by atoms with E-state index in [4.69, 9.17) is 17.1 Å². The van der Waals surface area contributed by atoms with Gasteiger partial charge in [0.15, 0.2) is 5.82 Å². The molecule has 3 rings (SSSR count). The van der Waals surface area contributed by atoms with Crippen molar-refractivity contribution in [3.05, 3.63) is 69.4 Å². The maximum Gasteiger partial charge on any atom is 0.151 e. The summed E-state index contributed by atoms with van der Waals surface area (Å²) < 4.78 is 13.9. The fourth-order valence-corrected chi connectivity index (χ4v) is 2.38. The van der Waals surface area contributed by atoms with Crippen molar-refractivity contribution in [2.24, 2.45) is 5.11 Å². The molecule has 5 nitrogen and oxygen atoms in total. The number of rotatable bonds is 3. The van der Waals surface area contributed by atoms with Crippen LogP contribution in [-0.4, -0.2) is 9.97 Å². The number of benzene rings is 2. The Bertz CT molecular complexity index is 906. The van der Waals surface area contributed by atoms with E-state index in [9.17, 15) is 4.39 Å². The third kappa shape index (κ3) is 2.57. The molecular formula is C15H9ClFN5. The van der Waals surface area contributed by atoms with E-state index in [1.165, 1.54) is 6.07 Å². The van der Waals surface area contributed by atoms with Gasteiger partial charge in [0.2, 0.25) is 0 Å². The third-order valence-corrected chi connectivity index (χ3v) is 3.46. The Hall–Kier alpha value is -2.69. The minimum atomic E-state index is -0.474. The molecule has 2 aromatic carbocycles.